The quantitative estimate of drug-likeness (QED) is 0.637. The molecule has 0 saturated heterocycles. The van der Waals surface area contributed by atoms with Crippen LogP contribution < -0.4 is 5.32 Å². The first-order chi connectivity index (χ1) is 4.92. The Hall–Kier alpha value is -0.740. The topological polar surface area (TPSA) is 29.1 Å². The molecule has 2 nitrogen and oxygen atoms in total. The standard InChI is InChI=1S/C6H10F3NO/c1-5(11)10-4-2-3-6(7,8)9/h2-4H2,1H3,(H,10,11). The molecule has 1 N–H and O–H groups in total. The molecule has 0 aliphatic heterocycles. The lowest BCUT2D eigenvalue weighted by Crippen LogP contribution is -2.22. The second kappa shape index (κ2) is 4.20. The van der Waals surface area contributed by atoms with Crippen LogP contribution in [0.2, 0.25) is 0 Å². The van der Waals surface area contributed by atoms with E-state index in [9.17, 15) is 18.0 Å². The van der Waals surface area contributed by atoms with Gasteiger partial charge in [-0.15, -0.1) is 0 Å². The van der Waals surface area contributed by atoms with Crippen LogP contribution in [-0.2, 0) is 4.79 Å². The van der Waals surface area contributed by atoms with E-state index in [1.165, 1.54) is 6.92 Å². The van der Waals surface area contributed by atoms with Gasteiger partial charge in [-0.05, 0) is 6.42 Å². The van der Waals surface area contributed by atoms with Crippen LogP contribution in [0.5, 0.6) is 0 Å². The summed E-state index contributed by atoms with van der Waals surface area (Å²) in [4.78, 5) is 10.2. The average Bonchev–Trinajstić information content (AvgIpc) is 1.78. The summed E-state index contributed by atoms with van der Waals surface area (Å²) in [5.74, 6) is -0.299. The summed E-state index contributed by atoms with van der Waals surface area (Å²) in [7, 11) is 0. The molecule has 0 aromatic carbocycles. The van der Waals surface area contributed by atoms with Crippen molar-refractivity contribution in [1.82, 2.24) is 5.32 Å². The molecule has 0 radical (unpaired) electrons. The Labute approximate surface area is 62.8 Å². The zero-order valence-electron chi connectivity index (χ0n) is 6.16. The third-order valence-corrected chi connectivity index (χ3v) is 1.01. The van der Waals surface area contributed by atoms with E-state index in [4.69, 9.17) is 0 Å². The highest BCUT2D eigenvalue weighted by molar-refractivity contribution is 5.72. The smallest absolute Gasteiger partial charge is 0.356 e. The van der Waals surface area contributed by atoms with Crippen LogP contribution in [0, 0.1) is 0 Å². The lowest BCUT2D eigenvalue weighted by molar-refractivity contribution is -0.136. The van der Waals surface area contributed by atoms with E-state index in [-0.39, 0.29) is 18.9 Å². The van der Waals surface area contributed by atoms with Crippen LogP contribution in [0.15, 0.2) is 0 Å². The van der Waals surface area contributed by atoms with E-state index < -0.39 is 12.6 Å². The van der Waals surface area contributed by atoms with Crippen LogP contribution in [-0.4, -0.2) is 18.6 Å². The van der Waals surface area contributed by atoms with E-state index in [1.54, 1.807) is 0 Å². The fourth-order valence-electron chi connectivity index (χ4n) is 0.553. The van der Waals surface area contributed by atoms with E-state index >= 15 is 0 Å². The predicted molar refractivity (Wildman–Crippen MR) is 34.0 cm³/mol. The zero-order chi connectivity index (χ0) is 8.91. The summed E-state index contributed by atoms with van der Waals surface area (Å²) in [5, 5.41) is 2.28. The van der Waals surface area contributed by atoms with Gasteiger partial charge in [0.05, 0.1) is 0 Å². The molecular weight excluding hydrogens is 159 g/mol. The van der Waals surface area contributed by atoms with Gasteiger partial charge in [0.15, 0.2) is 0 Å². The zero-order valence-corrected chi connectivity index (χ0v) is 6.16. The summed E-state index contributed by atoms with van der Waals surface area (Å²) in [6.45, 7) is 1.36. The van der Waals surface area contributed by atoms with Crippen LogP contribution in [0.1, 0.15) is 19.8 Å². The maximum Gasteiger partial charge on any atom is 0.389 e. The van der Waals surface area contributed by atoms with Crippen molar-refractivity contribution in [2.24, 2.45) is 0 Å². The van der Waals surface area contributed by atoms with Crippen LogP contribution >= 0.6 is 0 Å². The highest BCUT2D eigenvalue weighted by Crippen LogP contribution is 2.20. The number of rotatable bonds is 3. The Morgan fingerprint density at radius 3 is 2.36 bits per heavy atom. The van der Waals surface area contributed by atoms with Gasteiger partial charge >= 0.3 is 6.18 Å². The lowest BCUT2D eigenvalue weighted by Gasteiger charge is -2.05. The fraction of sp³-hybridized carbons (Fsp3) is 0.833. The van der Waals surface area contributed by atoms with Crippen molar-refractivity contribution in [3.63, 3.8) is 0 Å². The summed E-state index contributed by atoms with van der Waals surface area (Å²) >= 11 is 0. The van der Waals surface area contributed by atoms with Crippen molar-refractivity contribution >= 4 is 5.91 Å². The first kappa shape index (κ1) is 10.3. The van der Waals surface area contributed by atoms with Gasteiger partial charge in [-0.3, -0.25) is 4.79 Å². The highest BCUT2D eigenvalue weighted by Gasteiger charge is 2.25. The van der Waals surface area contributed by atoms with Crippen LogP contribution in [0.3, 0.4) is 0 Å². The number of carbonyl (C=O) groups is 1. The molecule has 0 rings (SSSR count). The van der Waals surface area contributed by atoms with Crippen molar-refractivity contribution in [1.29, 1.82) is 0 Å². The van der Waals surface area contributed by atoms with Gasteiger partial charge in [-0.1, -0.05) is 0 Å². The van der Waals surface area contributed by atoms with Crippen molar-refractivity contribution in [3.05, 3.63) is 0 Å². The molecule has 0 aromatic rings. The Morgan fingerprint density at radius 2 is 2.00 bits per heavy atom. The normalized spacial score (nSPS) is 11.3. The molecule has 0 unspecified atom stereocenters. The summed E-state index contributed by atoms with van der Waals surface area (Å²) < 4.78 is 34.4. The van der Waals surface area contributed by atoms with E-state index in [0.29, 0.717) is 0 Å². The maximum atomic E-state index is 11.5. The second-order valence-electron chi connectivity index (χ2n) is 2.20. The molecular formula is C6H10F3NO. The summed E-state index contributed by atoms with van der Waals surface area (Å²) in [6, 6.07) is 0. The molecule has 0 heterocycles. The number of hydrogen-bond donors (Lipinski definition) is 1. The van der Waals surface area contributed by atoms with Crippen molar-refractivity contribution < 1.29 is 18.0 Å². The average molecular weight is 169 g/mol. The first-order valence-corrected chi connectivity index (χ1v) is 3.23. The Kier molecular flexibility index (Phi) is 3.92. The summed E-state index contributed by atoms with van der Waals surface area (Å²) in [5.41, 5.74) is 0. The van der Waals surface area contributed by atoms with Gasteiger partial charge in [0.1, 0.15) is 0 Å². The number of alkyl halides is 3. The predicted octanol–water partition coefficient (Wildman–Crippen LogP) is 1.47. The molecule has 0 aliphatic rings. The van der Waals surface area contributed by atoms with E-state index in [2.05, 4.69) is 5.32 Å². The number of halogens is 3. The molecule has 0 saturated carbocycles. The maximum absolute atomic E-state index is 11.5. The van der Waals surface area contributed by atoms with E-state index in [0.717, 1.165) is 0 Å². The van der Waals surface area contributed by atoms with Gasteiger partial charge in [0, 0.05) is 19.9 Å². The molecule has 0 atom stereocenters. The molecule has 0 bridgehead atoms. The molecule has 0 aromatic heterocycles. The third kappa shape index (κ3) is 9.26. The number of nitrogens with one attached hydrogen (secondary N) is 1. The van der Waals surface area contributed by atoms with Crippen molar-refractivity contribution in [2.75, 3.05) is 6.54 Å². The largest absolute Gasteiger partial charge is 0.389 e. The van der Waals surface area contributed by atoms with Gasteiger partial charge < -0.3 is 5.32 Å². The second-order valence-corrected chi connectivity index (χ2v) is 2.20. The number of hydrogen-bond acceptors (Lipinski definition) is 1. The van der Waals surface area contributed by atoms with Gasteiger partial charge in [0.25, 0.3) is 0 Å². The monoisotopic (exact) mass is 169 g/mol. The highest BCUT2D eigenvalue weighted by atomic mass is 19.4. The minimum atomic E-state index is -4.11. The Morgan fingerprint density at radius 1 is 1.45 bits per heavy atom. The lowest BCUT2D eigenvalue weighted by atomic mass is 10.3. The van der Waals surface area contributed by atoms with Gasteiger partial charge in [0.2, 0.25) is 5.91 Å². The minimum Gasteiger partial charge on any atom is -0.356 e. The van der Waals surface area contributed by atoms with Gasteiger partial charge in [-0.25, -0.2) is 0 Å². The fourth-order valence-corrected chi connectivity index (χ4v) is 0.553. The first-order valence-electron chi connectivity index (χ1n) is 3.23. The molecule has 5 heteroatoms. The minimum absolute atomic E-state index is 0.0525. The van der Waals surface area contributed by atoms with Gasteiger partial charge in [-0.2, -0.15) is 13.2 Å². The molecule has 11 heavy (non-hydrogen) atoms. The molecule has 0 aliphatic carbocycles. The molecule has 66 valence electrons. The van der Waals surface area contributed by atoms with Crippen LogP contribution in [0.4, 0.5) is 13.2 Å². The van der Waals surface area contributed by atoms with Crippen LogP contribution in [0.25, 0.3) is 0 Å². The number of amides is 1. The number of carbonyl (C=O) groups excluding carboxylic acids is 1. The Balaban J connectivity index is 3.22. The van der Waals surface area contributed by atoms with E-state index in [1.807, 2.05) is 0 Å². The Bertz CT molecular complexity index is 132. The van der Waals surface area contributed by atoms with Crippen molar-refractivity contribution in [2.45, 2.75) is 25.9 Å². The third-order valence-electron chi connectivity index (χ3n) is 1.01. The van der Waals surface area contributed by atoms with Crippen molar-refractivity contribution in [3.8, 4) is 0 Å². The SMILES string of the molecule is CC(=O)NCCCC(F)(F)F. The molecule has 1 amide bonds. The summed E-state index contributed by atoms with van der Waals surface area (Å²) in [6.07, 6.45) is -5.01. The molecule has 0 fully saturated rings. The molecule has 0 spiro atoms.